The van der Waals surface area contributed by atoms with Crippen LogP contribution in [0.1, 0.15) is 10.4 Å². The molecule has 0 aliphatic carbocycles. The number of fused-ring (bicyclic) bond motifs is 1. The number of H-pyrrole nitrogens is 1. The van der Waals surface area contributed by atoms with Crippen LogP contribution in [-0.2, 0) is 10.0 Å². The number of rotatable bonds is 5. The zero-order valence-corrected chi connectivity index (χ0v) is 20.6. The highest BCUT2D eigenvalue weighted by Gasteiger charge is 2.23. The third kappa shape index (κ3) is 4.70. The number of nitrogens with one attached hydrogen (secondary N) is 3. The van der Waals surface area contributed by atoms with E-state index in [-0.39, 0.29) is 20.8 Å². The summed E-state index contributed by atoms with van der Waals surface area (Å²) in [5, 5.41) is 10.9. The van der Waals surface area contributed by atoms with Crippen molar-refractivity contribution in [1.82, 2.24) is 25.4 Å². The van der Waals surface area contributed by atoms with Crippen LogP contribution < -0.4 is 10.0 Å². The van der Waals surface area contributed by atoms with Crippen molar-refractivity contribution in [1.29, 1.82) is 0 Å². The van der Waals surface area contributed by atoms with Crippen molar-refractivity contribution in [2.45, 2.75) is 4.90 Å². The first-order valence-corrected chi connectivity index (χ1v) is 13.0. The van der Waals surface area contributed by atoms with Gasteiger partial charge in [-0.2, -0.15) is 5.10 Å². The van der Waals surface area contributed by atoms with Crippen molar-refractivity contribution < 1.29 is 13.2 Å². The van der Waals surface area contributed by atoms with E-state index in [1.54, 1.807) is 41.4 Å². The molecule has 2 aromatic carbocycles. The van der Waals surface area contributed by atoms with Crippen LogP contribution in [0.2, 0.25) is 10.0 Å². The molecule has 35 heavy (non-hydrogen) atoms. The maximum absolute atomic E-state index is 13.2. The van der Waals surface area contributed by atoms with E-state index < -0.39 is 10.0 Å². The molecule has 0 spiro atoms. The molecule has 2 aromatic heterocycles. The van der Waals surface area contributed by atoms with Crippen LogP contribution in [0.15, 0.2) is 59.6 Å². The van der Waals surface area contributed by atoms with Gasteiger partial charge < -0.3 is 10.2 Å². The molecule has 0 saturated carbocycles. The van der Waals surface area contributed by atoms with Crippen molar-refractivity contribution in [3.63, 3.8) is 0 Å². The van der Waals surface area contributed by atoms with E-state index in [2.05, 4.69) is 25.2 Å². The van der Waals surface area contributed by atoms with Gasteiger partial charge in [0.2, 0.25) is 0 Å². The molecular formula is C23H20Cl2N6O3S. The molecule has 0 radical (unpaired) electrons. The molecule has 4 aromatic rings. The van der Waals surface area contributed by atoms with Gasteiger partial charge in [0.25, 0.3) is 15.9 Å². The zero-order chi connectivity index (χ0) is 24.6. The lowest BCUT2D eigenvalue weighted by Gasteiger charge is -2.27. The summed E-state index contributed by atoms with van der Waals surface area (Å²) in [7, 11) is -3.95. The molecule has 12 heteroatoms. The third-order valence-electron chi connectivity index (χ3n) is 5.70. The topological polar surface area (TPSA) is 120 Å². The van der Waals surface area contributed by atoms with Gasteiger partial charge >= 0.3 is 0 Å². The minimum Gasteiger partial charge on any atom is -0.336 e. The number of hydrogen-bond acceptors (Lipinski definition) is 6. The lowest BCUT2D eigenvalue weighted by molar-refractivity contribution is 0.0737. The molecule has 9 nitrogen and oxygen atoms in total. The fourth-order valence-corrected chi connectivity index (χ4v) is 5.72. The summed E-state index contributed by atoms with van der Waals surface area (Å²) in [6.07, 6.45) is 1.60. The van der Waals surface area contributed by atoms with Crippen LogP contribution >= 0.6 is 23.2 Å². The maximum atomic E-state index is 13.2. The number of sulfonamides is 1. The number of anilines is 1. The van der Waals surface area contributed by atoms with Gasteiger partial charge in [0.15, 0.2) is 5.65 Å². The Balaban J connectivity index is 1.44. The first-order chi connectivity index (χ1) is 16.8. The highest BCUT2D eigenvalue weighted by Crippen LogP contribution is 2.31. The van der Waals surface area contributed by atoms with Gasteiger partial charge in [0.05, 0.1) is 32.9 Å². The quantitative estimate of drug-likeness (QED) is 0.361. The van der Waals surface area contributed by atoms with E-state index in [1.165, 1.54) is 18.2 Å². The molecule has 1 fully saturated rings. The van der Waals surface area contributed by atoms with Gasteiger partial charge in [-0.05, 0) is 30.3 Å². The Kier molecular flexibility index (Phi) is 6.37. The number of hydrogen-bond donors (Lipinski definition) is 3. The van der Waals surface area contributed by atoms with Gasteiger partial charge in [0, 0.05) is 37.4 Å². The predicted octanol–water partition coefficient (Wildman–Crippen LogP) is 3.78. The standard InChI is InChI=1S/C23H20Cl2N6O3S/c24-18-2-1-3-20(21(18)25)35(33,34)30-15-6-4-14(5-7-15)19-12-16(17-13-27-29-22(17)28-19)23(32)31-10-8-26-9-11-31/h1-7,12-13,26,30H,8-11H2,(H,27,28,29). The van der Waals surface area contributed by atoms with E-state index >= 15 is 0 Å². The molecule has 0 unspecified atom stereocenters. The number of aromatic nitrogens is 3. The van der Waals surface area contributed by atoms with E-state index in [9.17, 15) is 13.2 Å². The second kappa shape index (κ2) is 9.46. The minimum atomic E-state index is -3.95. The molecular weight excluding hydrogens is 511 g/mol. The number of pyridine rings is 1. The second-order valence-corrected chi connectivity index (χ2v) is 10.4. The molecule has 0 atom stereocenters. The number of benzene rings is 2. The maximum Gasteiger partial charge on any atom is 0.263 e. The molecule has 3 heterocycles. The Morgan fingerprint density at radius 2 is 1.80 bits per heavy atom. The second-order valence-electron chi connectivity index (χ2n) is 7.96. The smallest absolute Gasteiger partial charge is 0.263 e. The van der Waals surface area contributed by atoms with Crippen LogP contribution in [0.3, 0.4) is 0 Å². The fourth-order valence-electron chi connectivity index (χ4n) is 3.90. The van der Waals surface area contributed by atoms with Crippen LogP contribution in [0, 0.1) is 0 Å². The normalized spacial score (nSPS) is 14.3. The van der Waals surface area contributed by atoms with Gasteiger partial charge in [-0.15, -0.1) is 0 Å². The van der Waals surface area contributed by atoms with Crippen molar-refractivity contribution in [2.24, 2.45) is 0 Å². The lowest BCUT2D eigenvalue weighted by atomic mass is 10.1. The van der Waals surface area contributed by atoms with Gasteiger partial charge in [-0.3, -0.25) is 14.6 Å². The lowest BCUT2D eigenvalue weighted by Crippen LogP contribution is -2.46. The summed E-state index contributed by atoms with van der Waals surface area (Å²) in [5.41, 5.74) is 2.62. The van der Waals surface area contributed by atoms with Gasteiger partial charge in [0.1, 0.15) is 4.90 Å². The third-order valence-corrected chi connectivity index (χ3v) is 8.05. The Morgan fingerprint density at radius 1 is 1.06 bits per heavy atom. The van der Waals surface area contributed by atoms with E-state index in [1.807, 2.05) is 0 Å². The Morgan fingerprint density at radius 3 is 2.54 bits per heavy atom. The first-order valence-electron chi connectivity index (χ1n) is 10.7. The minimum absolute atomic E-state index is 0.0444. The molecule has 1 aliphatic rings. The number of aromatic amines is 1. The average molecular weight is 531 g/mol. The SMILES string of the molecule is O=C(c1cc(-c2ccc(NS(=O)(=O)c3cccc(Cl)c3Cl)cc2)nc2[nH]ncc12)N1CCNCC1. The molecule has 1 aliphatic heterocycles. The van der Waals surface area contributed by atoms with Crippen molar-refractivity contribution in [2.75, 3.05) is 30.9 Å². The van der Waals surface area contributed by atoms with E-state index in [4.69, 9.17) is 23.2 Å². The fraction of sp³-hybridized carbons (Fsp3) is 0.174. The van der Waals surface area contributed by atoms with Crippen LogP contribution in [0.5, 0.6) is 0 Å². The summed E-state index contributed by atoms with van der Waals surface area (Å²) >= 11 is 12.0. The molecule has 1 amide bonds. The predicted molar refractivity (Wildman–Crippen MR) is 135 cm³/mol. The van der Waals surface area contributed by atoms with Crippen molar-refractivity contribution in [3.8, 4) is 11.3 Å². The summed E-state index contributed by atoms with van der Waals surface area (Å²) in [6.45, 7) is 2.74. The number of halogens is 2. The molecule has 0 bridgehead atoms. The largest absolute Gasteiger partial charge is 0.336 e. The molecule has 1 saturated heterocycles. The van der Waals surface area contributed by atoms with Crippen molar-refractivity contribution >= 4 is 55.9 Å². The highest BCUT2D eigenvalue weighted by atomic mass is 35.5. The molecule has 3 N–H and O–H groups in total. The monoisotopic (exact) mass is 530 g/mol. The number of carbonyl (C=O) groups is 1. The van der Waals surface area contributed by atoms with Crippen LogP contribution in [-0.4, -0.2) is 60.6 Å². The number of amides is 1. The summed E-state index contributed by atoms with van der Waals surface area (Å²) in [6, 6.07) is 12.8. The first kappa shape index (κ1) is 23.6. The number of nitrogens with zero attached hydrogens (tertiary/aromatic N) is 3. The molecule has 5 rings (SSSR count). The Hall–Kier alpha value is -3.18. The van der Waals surface area contributed by atoms with Crippen molar-refractivity contribution in [3.05, 3.63) is 70.3 Å². The summed E-state index contributed by atoms with van der Waals surface area (Å²) in [4.78, 5) is 19.5. The average Bonchev–Trinajstić information content (AvgIpc) is 3.34. The summed E-state index contributed by atoms with van der Waals surface area (Å²) < 4.78 is 28.1. The highest BCUT2D eigenvalue weighted by molar-refractivity contribution is 7.92. The van der Waals surface area contributed by atoms with Gasteiger partial charge in [-0.1, -0.05) is 41.4 Å². The van der Waals surface area contributed by atoms with Gasteiger partial charge in [-0.25, -0.2) is 13.4 Å². The van der Waals surface area contributed by atoms with Crippen LogP contribution in [0.4, 0.5) is 5.69 Å². The number of piperazine rings is 1. The number of carbonyl (C=O) groups excluding carboxylic acids is 1. The Bertz CT molecular complexity index is 1520. The van der Waals surface area contributed by atoms with E-state index in [0.29, 0.717) is 46.6 Å². The van der Waals surface area contributed by atoms with E-state index in [0.717, 1.165) is 13.1 Å². The van der Waals surface area contributed by atoms with Crippen LogP contribution in [0.25, 0.3) is 22.3 Å². The summed E-state index contributed by atoms with van der Waals surface area (Å²) in [5.74, 6) is -0.0793. The zero-order valence-electron chi connectivity index (χ0n) is 18.3. The Labute approximate surface area is 211 Å². The molecule has 180 valence electrons.